The summed E-state index contributed by atoms with van der Waals surface area (Å²) in [6, 6.07) is 14.1. The van der Waals surface area contributed by atoms with Gasteiger partial charge < -0.3 is 11.5 Å². The summed E-state index contributed by atoms with van der Waals surface area (Å²) in [6.45, 7) is 0. The summed E-state index contributed by atoms with van der Waals surface area (Å²) in [5.74, 6) is -0.381. The van der Waals surface area contributed by atoms with Crippen molar-refractivity contribution in [3.63, 3.8) is 0 Å². The summed E-state index contributed by atoms with van der Waals surface area (Å²) in [5.41, 5.74) is 15.0. The summed E-state index contributed by atoms with van der Waals surface area (Å²) >= 11 is 6.24. The fraction of sp³-hybridized carbons (Fsp3) is 0.111. The van der Waals surface area contributed by atoms with E-state index in [9.17, 15) is 4.39 Å². The van der Waals surface area contributed by atoms with Crippen molar-refractivity contribution in [1.29, 1.82) is 0 Å². The van der Waals surface area contributed by atoms with Crippen LogP contribution in [0.1, 0.15) is 17.5 Å². The first-order valence-corrected chi connectivity index (χ1v) is 7.36. The maximum atomic E-state index is 13.3. The van der Waals surface area contributed by atoms with Crippen LogP contribution in [0.2, 0.25) is 5.02 Å². The second kappa shape index (κ2) is 5.59. The minimum absolute atomic E-state index is 0.318. The molecular formula is C18H16ClFN2. The number of benzene rings is 2. The molecule has 112 valence electrons. The van der Waals surface area contributed by atoms with Crippen molar-refractivity contribution < 1.29 is 4.39 Å². The molecule has 0 heterocycles. The number of allylic oxidation sites excluding steroid dienone is 1. The summed E-state index contributed by atoms with van der Waals surface area (Å²) < 4.78 is 13.3. The predicted molar refractivity (Wildman–Crippen MR) is 88.6 cm³/mol. The van der Waals surface area contributed by atoms with Crippen LogP contribution in [0.15, 0.2) is 66.4 Å². The van der Waals surface area contributed by atoms with Crippen molar-refractivity contribution in [2.75, 3.05) is 0 Å². The van der Waals surface area contributed by atoms with Crippen LogP contribution in [0.5, 0.6) is 0 Å². The van der Waals surface area contributed by atoms with E-state index in [1.165, 1.54) is 12.1 Å². The summed E-state index contributed by atoms with van der Waals surface area (Å²) in [4.78, 5) is 0. The highest BCUT2D eigenvalue weighted by molar-refractivity contribution is 6.31. The lowest BCUT2D eigenvalue weighted by Crippen LogP contribution is -2.39. The molecule has 0 spiro atoms. The quantitative estimate of drug-likeness (QED) is 0.881. The Bertz CT molecular complexity index is 768. The molecule has 2 aromatic rings. The Hall–Kier alpha value is -2.10. The number of hydrogen-bond donors (Lipinski definition) is 2. The third-order valence-electron chi connectivity index (χ3n) is 3.95. The van der Waals surface area contributed by atoms with Crippen molar-refractivity contribution in [2.45, 2.75) is 12.0 Å². The summed E-state index contributed by atoms with van der Waals surface area (Å²) in [7, 11) is 0. The van der Waals surface area contributed by atoms with Gasteiger partial charge >= 0.3 is 0 Å². The molecule has 0 saturated heterocycles. The van der Waals surface area contributed by atoms with Crippen molar-refractivity contribution >= 4 is 17.2 Å². The highest BCUT2D eigenvalue weighted by Gasteiger charge is 2.35. The van der Waals surface area contributed by atoms with E-state index in [0.29, 0.717) is 22.7 Å². The monoisotopic (exact) mass is 314 g/mol. The van der Waals surface area contributed by atoms with Crippen molar-refractivity contribution in [2.24, 2.45) is 11.5 Å². The zero-order valence-corrected chi connectivity index (χ0v) is 12.6. The molecule has 4 N–H and O–H groups in total. The molecule has 1 unspecified atom stereocenters. The van der Waals surface area contributed by atoms with E-state index in [-0.39, 0.29) is 5.82 Å². The van der Waals surface area contributed by atoms with E-state index >= 15 is 0 Å². The first kappa shape index (κ1) is 14.8. The lowest BCUT2D eigenvalue weighted by atomic mass is 9.75. The first-order valence-electron chi connectivity index (χ1n) is 6.98. The van der Waals surface area contributed by atoms with Gasteiger partial charge in [0.2, 0.25) is 0 Å². The molecule has 1 atom stereocenters. The van der Waals surface area contributed by atoms with Crippen LogP contribution in [0.25, 0.3) is 5.57 Å². The van der Waals surface area contributed by atoms with Crippen LogP contribution < -0.4 is 11.5 Å². The Labute approximate surface area is 133 Å². The molecule has 0 radical (unpaired) electrons. The number of halogens is 2. The van der Waals surface area contributed by atoms with Crippen LogP contribution >= 0.6 is 11.6 Å². The molecule has 0 aliphatic heterocycles. The summed E-state index contributed by atoms with van der Waals surface area (Å²) in [6.07, 6.45) is 4.23. The minimum atomic E-state index is -0.838. The third kappa shape index (κ3) is 2.54. The molecule has 0 fully saturated rings. The minimum Gasteiger partial charge on any atom is -0.399 e. The van der Waals surface area contributed by atoms with E-state index in [4.69, 9.17) is 23.1 Å². The lowest BCUT2D eigenvalue weighted by molar-refractivity contribution is 0.577. The van der Waals surface area contributed by atoms with Crippen LogP contribution in [-0.4, -0.2) is 0 Å². The normalized spacial score (nSPS) is 21.2. The van der Waals surface area contributed by atoms with Gasteiger partial charge in [-0.15, -0.1) is 0 Å². The Morgan fingerprint density at radius 2 is 1.82 bits per heavy atom. The van der Waals surface area contributed by atoms with Gasteiger partial charge in [0, 0.05) is 10.7 Å². The predicted octanol–water partition coefficient (Wildman–Crippen LogP) is 3.96. The average Bonchev–Trinajstić information content (AvgIpc) is 2.50. The molecule has 1 aliphatic rings. The zero-order chi connectivity index (χ0) is 15.7. The molecule has 0 saturated carbocycles. The topological polar surface area (TPSA) is 52.0 Å². The first-order chi connectivity index (χ1) is 10.5. The summed E-state index contributed by atoms with van der Waals surface area (Å²) in [5, 5.41) is 0.318. The van der Waals surface area contributed by atoms with Crippen molar-refractivity contribution in [3.05, 3.63) is 88.3 Å². The molecule has 2 nitrogen and oxygen atoms in total. The highest BCUT2D eigenvalue weighted by Crippen LogP contribution is 2.42. The zero-order valence-electron chi connectivity index (χ0n) is 11.9. The highest BCUT2D eigenvalue weighted by atomic mass is 35.5. The fourth-order valence-corrected chi connectivity index (χ4v) is 3.14. The van der Waals surface area contributed by atoms with E-state index in [1.807, 2.05) is 42.5 Å². The van der Waals surface area contributed by atoms with E-state index < -0.39 is 5.54 Å². The maximum Gasteiger partial charge on any atom is 0.124 e. The standard InChI is InChI=1S/C18H16ClFN2/c19-17-10-13(20)6-7-15(17)18(22)9-8-14(21)11-16(18)12-4-2-1-3-5-12/h1-8,10-11H,9,21-22H2. The molecule has 1 aliphatic carbocycles. The van der Waals surface area contributed by atoms with Gasteiger partial charge in [0.05, 0.1) is 5.54 Å². The van der Waals surface area contributed by atoms with Gasteiger partial charge in [0.15, 0.2) is 0 Å². The van der Waals surface area contributed by atoms with Gasteiger partial charge in [-0.3, -0.25) is 0 Å². The van der Waals surface area contributed by atoms with Crippen LogP contribution in [-0.2, 0) is 5.54 Å². The van der Waals surface area contributed by atoms with E-state index in [0.717, 1.165) is 11.1 Å². The molecule has 0 amide bonds. The Morgan fingerprint density at radius 3 is 2.50 bits per heavy atom. The fourth-order valence-electron chi connectivity index (χ4n) is 2.81. The van der Waals surface area contributed by atoms with Gasteiger partial charge in [-0.05, 0) is 41.3 Å². The second-order valence-corrected chi connectivity index (χ2v) is 5.84. The molecule has 0 aromatic heterocycles. The Kier molecular flexibility index (Phi) is 3.77. The average molecular weight is 315 g/mol. The number of nitrogens with two attached hydrogens (primary N) is 2. The molecule has 4 heteroatoms. The Morgan fingerprint density at radius 1 is 1.09 bits per heavy atom. The van der Waals surface area contributed by atoms with Crippen molar-refractivity contribution in [1.82, 2.24) is 0 Å². The van der Waals surface area contributed by atoms with Gasteiger partial charge in [-0.1, -0.05) is 54.1 Å². The van der Waals surface area contributed by atoms with E-state index in [2.05, 4.69) is 0 Å². The van der Waals surface area contributed by atoms with Crippen LogP contribution in [0, 0.1) is 5.82 Å². The van der Waals surface area contributed by atoms with Crippen LogP contribution in [0.3, 0.4) is 0 Å². The Balaban J connectivity index is 2.17. The SMILES string of the molecule is NC1=CCC(N)(c2ccc(F)cc2Cl)C(c2ccccc2)=C1. The van der Waals surface area contributed by atoms with Gasteiger partial charge in [0.1, 0.15) is 5.82 Å². The van der Waals surface area contributed by atoms with Gasteiger partial charge in [0.25, 0.3) is 0 Å². The lowest BCUT2D eigenvalue weighted by Gasteiger charge is -2.35. The van der Waals surface area contributed by atoms with Gasteiger partial charge in [-0.2, -0.15) is 0 Å². The number of rotatable bonds is 2. The molecule has 22 heavy (non-hydrogen) atoms. The third-order valence-corrected chi connectivity index (χ3v) is 4.26. The molecular weight excluding hydrogens is 299 g/mol. The van der Waals surface area contributed by atoms with Crippen LogP contribution in [0.4, 0.5) is 4.39 Å². The largest absolute Gasteiger partial charge is 0.399 e. The number of hydrogen-bond acceptors (Lipinski definition) is 2. The smallest absolute Gasteiger partial charge is 0.124 e. The molecule has 3 rings (SSSR count). The van der Waals surface area contributed by atoms with Gasteiger partial charge in [-0.25, -0.2) is 4.39 Å². The molecule has 0 bridgehead atoms. The maximum absolute atomic E-state index is 13.3. The molecule has 2 aromatic carbocycles. The van der Waals surface area contributed by atoms with E-state index in [1.54, 1.807) is 6.07 Å². The second-order valence-electron chi connectivity index (χ2n) is 5.43. The van der Waals surface area contributed by atoms with Crippen molar-refractivity contribution in [3.8, 4) is 0 Å².